The summed E-state index contributed by atoms with van der Waals surface area (Å²) in [4.78, 5) is 13.8. The summed E-state index contributed by atoms with van der Waals surface area (Å²) in [5.41, 5.74) is 0.925. The van der Waals surface area contributed by atoms with E-state index in [1.807, 2.05) is 31.1 Å². The number of likely N-dealkylation sites (N-methyl/N-ethyl adjacent to an activating group) is 1. The summed E-state index contributed by atoms with van der Waals surface area (Å²) in [6, 6.07) is 7.19. The van der Waals surface area contributed by atoms with Crippen molar-refractivity contribution in [2.24, 2.45) is 0 Å². The first kappa shape index (κ1) is 14.0. The molecule has 7 nitrogen and oxygen atoms in total. The van der Waals surface area contributed by atoms with Gasteiger partial charge in [0.15, 0.2) is 5.69 Å². The minimum Gasteiger partial charge on any atom is -0.492 e. The van der Waals surface area contributed by atoms with Crippen molar-refractivity contribution >= 4 is 11.6 Å². The van der Waals surface area contributed by atoms with Gasteiger partial charge in [0.1, 0.15) is 12.4 Å². The fourth-order valence-electron chi connectivity index (χ4n) is 1.49. The summed E-state index contributed by atoms with van der Waals surface area (Å²) < 4.78 is 5.57. The van der Waals surface area contributed by atoms with Crippen molar-refractivity contribution in [2.45, 2.75) is 0 Å². The Labute approximate surface area is 116 Å². The molecule has 7 heteroatoms. The van der Waals surface area contributed by atoms with Crippen LogP contribution in [0.15, 0.2) is 30.5 Å². The summed E-state index contributed by atoms with van der Waals surface area (Å²) in [6.45, 7) is 1.47. The van der Waals surface area contributed by atoms with Gasteiger partial charge < -0.3 is 15.0 Å². The quantitative estimate of drug-likeness (QED) is 0.821. The highest BCUT2D eigenvalue weighted by Gasteiger charge is 2.08. The number of nitrogens with zero attached hydrogens (tertiary/aromatic N) is 3. The van der Waals surface area contributed by atoms with Crippen molar-refractivity contribution in [3.05, 3.63) is 36.2 Å². The van der Waals surface area contributed by atoms with Crippen molar-refractivity contribution in [1.29, 1.82) is 0 Å². The van der Waals surface area contributed by atoms with E-state index in [1.165, 1.54) is 6.20 Å². The van der Waals surface area contributed by atoms with Gasteiger partial charge in [-0.25, -0.2) is 0 Å². The lowest BCUT2D eigenvalue weighted by molar-refractivity contribution is 0.102. The summed E-state index contributed by atoms with van der Waals surface area (Å²) in [5.74, 6) is 0.464. The van der Waals surface area contributed by atoms with E-state index in [0.717, 1.165) is 12.3 Å². The Balaban J connectivity index is 1.87. The molecular formula is C13H17N5O2. The van der Waals surface area contributed by atoms with Crippen LogP contribution >= 0.6 is 0 Å². The maximum absolute atomic E-state index is 11.7. The van der Waals surface area contributed by atoms with Gasteiger partial charge in [-0.05, 0) is 38.4 Å². The van der Waals surface area contributed by atoms with Gasteiger partial charge in [-0.15, -0.1) is 0 Å². The minimum atomic E-state index is -0.306. The van der Waals surface area contributed by atoms with Crippen LogP contribution in [0.2, 0.25) is 0 Å². The van der Waals surface area contributed by atoms with Crippen LogP contribution in [-0.2, 0) is 0 Å². The average Bonchev–Trinajstić information content (AvgIpc) is 2.94. The molecule has 1 heterocycles. The fraction of sp³-hybridized carbons (Fsp3) is 0.308. The molecule has 2 rings (SSSR count). The number of ether oxygens (including phenoxy) is 1. The Morgan fingerprint density at radius 1 is 1.35 bits per heavy atom. The topological polar surface area (TPSA) is 83.1 Å². The van der Waals surface area contributed by atoms with E-state index in [-0.39, 0.29) is 11.6 Å². The second-order valence-corrected chi connectivity index (χ2v) is 4.49. The van der Waals surface area contributed by atoms with Crippen molar-refractivity contribution in [2.75, 3.05) is 32.6 Å². The third kappa shape index (κ3) is 4.06. The van der Waals surface area contributed by atoms with Crippen LogP contribution in [0.3, 0.4) is 0 Å². The zero-order valence-corrected chi connectivity index (χ0v) is 11.5. The third-order valence-electron chi connectivity index (χ3n) is 2.57. The van der Waals surface area contributed by atoms with Gasteiger partial charge in [0.05, 0.1) is 6.20 Å². The number of carbonyl (C=O) groups is 1. The summed E-state index contributed by atoms with van der Waals surface area (Å²) >= 11 is 0. The molecule has 0 radical (unpaired) electrons. The van der Waals surface area contributed by atoms with Gasteiger partial charge in [0.25, 0.3) is 5.91 Å². The average molecular weight is 275 g/mol. The highest BCUT2D eigenvalue weighted by Crippen LogP contribution is 2.16. The van der Waals surface area contributed by atoms with Crippen molar-refractivity contribution in [1.82, 2.24) is 20.3 Å². The van der Waals surface area contributed by atoms with E-state index in [2.05, 4.69) is 20.7 Å². The maximum Gasteiger partial charge on any atom is 0.277 e. The number of H-pyrrole nitrogens is 1. The number of hydrogen-bond acceptors (Lipinski definition) is 5. The Hall–Kier alpha value is -2.41. The number of aromatic nitrogens is 3. The van der Waals surface area contributed by atoms with E-state index in [0.29, 0.717) is 12.3 Å². The van der Waals surface area contributed by atoms with Crippen LogP contribution in [-0.4, -0.2) is 53.5 Å². The normalized spacial score (nSPS) is 10.6. The number of hydrogen-bond donors (Lipinski definition) is 2. The Kier molecular flexibility index (Phi) is 4.67. The first-order valence-electron chi connectivity index (χ1n) is 6.20. The van der Waals surface area contributed by atoms with Crippen LogP contribution in [0.1, 0.15) is 10.5 Å². The van der Waals surface area contributed by atoms with E-state index >= 15 is 0 Å². The Morgan fingerprint density at radius 3 is 2.70 bits per heavy atom. The van der Waals surface area contributed by atoms with Gasteiger partial charge in [-0.2, -0.15) is 15.4 Å². The smallest absolute Gasteiger partial charge is 0.277 e. The molecule has 1 amide bonds. The van der Waals surface area contributed by atoms with Crippen LogP contribution < -0.4 is 10.1 Å². The number of rotatable bonds is 6. The Bertz CT molecular complexity index is 536. The molecule has 0 atom stereocenters. The maximum atomic E-state index is 11.7. The molecule has 1 aromatic heterocycles. The van der Waals surface area contributed by atoms with Gasteiger partial charge in [-0.1, -0.05) is 0 Å². The lowest BCUT2D eigenvalue weighted by Gasteiger charge is -2.11. The summed E-state index contributed by atoms with van der Waals surface area (Å²) in [5, 5.41) is 12.4. The first-order chi connectivity index (χ1) is 9.65. The third-order valence-corrected chi connectivity index (χ3v) is 2.57. The second-order valence-electron chi connectivity index (χ2n) is 4.49. The van der Waals surface area contributed by atoms with E-state index < -0.39 is 0 Å². The van der Waals surface area contributed by atoms with Gasteiger partial charge in [0.2, 0.25) is 0 Å². The molecule has 0 unspecified atom stereocenters. The zero-order chi connectivity index (χ0) is 14.4. The lowest BCUT2D eigenvalue weighted by Crippen LogP contribution is -2.19. The SMILES string of the molecule is CN(C)CCOc1ccc(NC(=O)c2cn[nH]n2)cc1. The molecule has 0 aliphatic heterocycles. The summed E-state index contributed by atoms with van der Waals surface area (Å²) in [7, 11) is 3.98. The van der Waals surface area contributed by atoms with Gasteiger partial charge in [-0.3, -0.25) is 4.79 Å². The van der Waals surface area contributed by atoms with E-state index in [4.69, 9.17) is 4.74 Å². The van der Waals surface area contributed by atoms with E-state index in [9.17, 15) is 4.79 Å². The van der Waals surface area contributed by atoms with Crippen LogP contribution in [0.25, 0.3) is 0 Å². The molecule has 0 spiro atoms. The predicted molar refractivity (Wildman–Crippen MR) is 74.8 cm³/mol. The van der Waals surface area contributed by atoms with Gasteiger partial charge >= 0.3 is 0 Å². The molecule has 0 fully saturated rings. The van der Waals surface area contributed by atoms with Crippen molar-refractivity contribution in [3.63, 3.8) is 0 Å². The molecule has 20 heavy (non-hydrogen) atoms. The number of anilines is 1. The highest BCUT2D eigenvalue weighted by molar-refractivity contribution is 6.02. The van der Waals surface area contributed by atoms with Crippen LogP contribution in [0.4, 0.5) is 5.69 Å². The predicted octanol–water partition coefficient (Wildman–Crippen LogP) is 0.997. The van der Waals surface area contributed by atoms with Gasteiger partial charge in [0, 0.05) is 12.2 Å². The fourth-order valence-corrected chi connectivity index (χ4v) is 1.49. The molecule has 0 saturated heterocycles. The molecule has 106 valence electrons. The zero-order valence-electron chi connectivity index (χ0n) is 11.5. The molecule has 2 aromatic rings. The molecule has 0 aliphatic rings. The lowest BCUT2D eigenvalue weighted by atomic mass is 10.3. The molecular weight excluding hydrogens is 258 g/mol. The molecule has 1 aromatic carbocycles. The monoisotopic (exact) mass is 275 g/mol. The van der Waals surface area contributed by atoms with Crippen molar-refractivity contribution < 1.29 is 9.53 Å². The largest absolute Gasteiger partial charge is 0.492 e. The molecule has 0 aliphatic carbocycles. The second kappa shape index (κ2) is 6.67. The van der Waals surface area contributed by atoms with Crippen LogP contribution in [0.5, 0.6) is 5.75 Å². The highest BCUT2D eigenvalue weighted by atomic mass is 16.5. The van der Waals surface area contributed by atoms with Crippen LogP contribution in [0, 0.1) is 0 Å². The number of amides is 1. The molecule has 0 bridgehead atoms. The number of carbonyl (C=O) groups excluding carboxylic acids is 1. The number of aromatic amines is 1. The molecule has 0 saturated carbocycles. The Morgan fingerprint density at radius 2 is 2.10 bits per heavy atom. The summed E-state index contributed by atoms with van der Waals surface area (Å²) in [6.07, 6.45) is 1.37. The minimum absolute atomic E-state index is 0.247. The first-order valence-corrected chi connectivity index (χ1v) is 6.20. The van der Waals surface area contributed by atoms with Crippen molar-refractivity contribution in [3.8, 4) is 5.75 Å². The number of benzene rings is 1. The number of nitrogens with one attached hydrogen (secondary N) is 2. The standard InChI is InChI=1S/C13H17N5O2/c1-18(2)7-8-20-11-5-3-10(4-6-11)15-13(19)12-9-14-17-16-12/h3-6,9H,7-8H2,1-2H3,(H,15,19)(H,14,16,17). The molecule has 2 N–H and O–H groups in total. The van der Waals surface area contributed by atoms with E-state index in [1.54, 1.807) is 12.1 Å².